The van der Waals surface area contributed by atoms with Gasteiger partial charge in [0, 0.05) is 6.61 Å². The summed E-state index contributed by atoms with van der Waals surface area (Å²) in [4.78, 5) is 0. The predicted octanol–water partition coefficient (Wildman–Crippen LogP) is 6.21. The summed E-state index contributed by atoms with van der Waals surface area (Å²) in [7, 11) is 0. The van der Waals surface area contributed by atoms with Crippen molar-refractivity contribution >= 4 is 0 Å². The van der Waals surface area contributed by atoms with Crippen molar-refractivity contribution in [1.82, 2.24) is 0 Å². The van der Waals surface area contributed by atoms with E-state index in [2.05, 4.69) is 13.8 Å². The Balaban J connectivity index is 0. The van der Waals surface area contributed by atoms with Crippen molar-refractivity contribution in [2.45, 2.75) is 117 Å². The van der Waals surface area contributed by atoms with Crippen LogP contribution in [0.1, 0.15) is 117 Å². The SMILES string of the molecule is CCCCCCCCCCN.CCCCCCCCCCO. The Hall–Kier alpha value is -0.0800. The Morgan fingerprint density at radius 3 is 1.14 bits per heavy atom. The molecule has 0 bridgehead atoms. The van der Waals surface area contributed by atoms with Crippen LogP contribution in [-0.4, -0.2) is 18.3 Å². The van der Waals surface area contributed by atoms with Crippen LogP contribution in [0.2, 0.25) is 0 Å². The van der Waals surface area contributed by atoms with E-state index in [0.29, 0.717) is 6.61 Å². The summed E-state index contributed by atoms with van der Waals surface area (Å²) in [5, 5.41) is 8.51. The fraction of sp³-hybridized carbons (Fsp3) is 1.00. The zero-order chi connectivity index (χ0) is 16.7. The van der Waals surface area contributed by atoms with Crippen molar-refractivity contribution in [2.24, 2.45) is 5.73 Å². The summed E-state index contributed by atoms with van der Waals surface area (Å²) < 4.78 is 0. The van der Waals surface area contributed by atoms with Crippen LogP contribution in [0, 0.1) is 0 Å². The minimum atomic E-state index is 0.370. The number of hydrogen-bond acceptors (Lipinski definition) is 2. The second kappa shape index (κ2) is 25.9. The Labute approximate surface area is 141 Å². The van der Waals surface area contributed by atoms with Gasteiger partial charge in [-0.3, -0.25) is 0 Å². The van der Waals surface area contributed by atoms with Crippen LogP contribution in [0.4, 0.5) is 0 Å². The monoisotopic (exact) mass is 315 g/mol. The molecule has 136 valence electrons. The topological polar surface area (TPSA) is 46.2 Å². The van der Waals surface area contributed by atoms with E-state index in [-0.39, 0.29) is 0 Å². The van der Waals surface area contributed by atoms with Gasteiger partial charge in [-0.05, 0) is 19.4 Å². The highest BCUT2D eigenvalue weighted by molar-refractivity contribution is 4.46. The molecule has 3 N–H and O–H groups in total. The first-order valence-electron chi connectivity index (χ1n) is 10.1. The maximum atomic E-state index is 8.51. The van der Waals surface area contributed by atoms with Gasteiger partial charge in [0.2, 0.25) is 0 Å². The first-order chi connectivity index (χ1) is 10.8. The van der Waals surface area contributed by atoms with Crippen LogP contribution < -0.4 is 5.73 Å². The van der Waals surface area contributed by atoms with E-state index in [0.717, 1.165) is 13.0 Å². The first-order valence-corrected chi connectivity index (χ1v) is 10.1. The van der Waals surface area contributed by atoms with E-state index in [4.69, 9.17) is 10.8 Å². The maximum Gasteiger partial charge on any atom is 0.0431 e. The number of hydrogen-bond donors (Lipinski definition) is 2. The molecule has 0 rings (SSSR count). The van der Waals surface area contributed by atoms with Crippen molar-refractivity contribution in [3.63, 3.8) is 0 Å². The van der Waals surface area contributed by atoms with E-state index in [9.17, 15) is 0 Å². The lowest BCUT2D eigenvalue weighted by Crippen LogP contribution is -1.97. The average molecular weight is 316 g/mol. The number of rotatable bonds is 16. The van der Waals surface area contributed by atoms with Gasteiger partial charge in [0.1, 0.15) is 0 Å². The lowest BCUT2D eigenvalue weighted by atomic mass is 10.1. The minimum absolute atomic E-state index is 0.370. The van der Waals surface area contributed by atoms with Crippen LogP contribution in [0.3, 0.4) is 0 Å². The van der Waals surface area contributed by atoms with Crippen LogP contribution >= 0.6 is 0 Å². The largest absolute Gasteiger partial charge is 0.396 e. The quantitative estimate of drug-likeness (QED) is 0.333. The standard InChI is InChI=1S/C10H23N.C10H22O/c2*1-2-3-4-5-6-7-8-9-10-11/h2-11H2,1H3;11H,2-10H2,1H3. The molecule has 0 aromatic heterocycles. The molecule has 0 amide bonds. The fourth-order valence-corrected chi connectivity index (χ4v) is 2.52. The first kappa shape index (κ1) is 24.2. The van der Waals surface area contributed by atoms with Crippen molar-refractivity contribution < 1.29 is 5.11 Å². The minimum Gasteiger partial charge on any atom is -0.396 e. The van der Waals surface area contributed by atoms with Gasteiger partial charge in [-0.25, -0.2) is 0 Å². The summed E-state index contributed by atoms with van der Waals surface area (Å²) in [5.74, 6) is 0. The van der Waals surface area contributed by atoms with E-state index in [1.165, 1.54) is 96.3 Å². The molecule has 0 spiro atoms. The molecule has 0 atom stereocenters. The molecule has 0 heterocycles. The number of aliphatic hydroxyl groups is 1. The number of unbranched alkanes of at least 4 members (excludes halogenated alkanes) is 14. The normalized spacial score (nSPS) is 10.4. The predicted molar refractivity (Wildman–Crippen MR) is 101 cm³/mol. The van der Waals surface area contributed by atoms with Gasteiger partial charge in [-0.15, -0.1) is 0 Å². The van der Waals surface area contributed by atoms with Gasteiger partial charge in [-0.1, -0.05) is 104 Å². The number of nitrogens with two attached hydrogens (primary N) is 1. The van der Waals surface area contributed by atoms with Crippen molar-refractivity contribution in [2.75, 3.05) is 13.2 Å². The molecule has 0 aliphatic heterocycles. The van der Waals surface area contributed by atoms with Gasteiger partial charge in [0.15, 0.2) is 0 Å². The fourth-order valence-electron chi connectivity index (χ4n) is 2.52. The second-order valence-electron chi connectivity index (χ2n) is 6.46. The van der Waals surface area contributed by atoms with Crippen molar-refractivity contribution in [3.05, 3.63) is 0 Å². The third kappa shape index (κ3) is 28.1. The van der Waals surface area contributed by atoms with E-state index < -0.39 is 0 Å². The van der Waals surface area contributed by atoms with E-state index in [1.54, 1.807) is 0 Å². The van der Waals surface area contributed by atoms with Crippen LogP contribution in [0.25, 0.3) is 0 Å². The van der Waals surface area contributed by atoms with Gasteiger partial charge in [0.05, 0.1) is 0 Å². The molecular weight excluding hydrogens is 270 g/mol. The molecule has 0 saturated heterocycles. The van der Waals surface area contributed by atoms with Crippen LogP contribution in [0.5, 0.6) is 0 Å². The highest BCUT2D eigenvalue weighted by Crippen LogP contribution is 2.08. The molecule has 2 heteroatoms. The molecular formula is C20H45NO. The van der Waals surface area contributed by atoms with Gasteiger partial charge >= 0.3 is 0 Å². The Morgan fingerprint density at radius 1 is 0.500 bits per heavy atom. The van der Waals surface area contributed by atoms with E-state index in [1.807, 2.05) is 0 Å². The molecule has 22 heavy (non-hydrogen) atoms. The molecule has 0 radical (unpaired) electrons. The Kier molecular flexibility index (Phi) is 28.4. The van der Waals surface area contributed by atoms with Gasteiger partial charge in [-0.2, -0.15) is 0 Å². The third-order valence-electron chi connectivity index (χ3n) is 4.07. The molecule has 0 aromatic carbocycles. The molecule has 0 aliphatic rings. The molecule has 0 aromatic rings. The summed E-state index contributed by atoms with van der Waals surface area (Å²) in [5.41, 5.74) is 5.39. The molecule has 0 fully saturated rings. The molecule has 0 aliphatic carbocycles. The van der Waals surface area contributed by atoms with Crippen LogP contribution in [0.15, 0.2) is 0 Å². The smallest absolute Gasteiger partial charge is 0.0431 e. The summed E-state index contributed by atoms with van der Waals surface area (Å²) in [6.07, 6.45) is 21.4. The number of aliphatic hydroxyl groups excluding tert-OH is 1. The zero-order valence-corrected chi connectivity index (χ0v) is 15.8. The Bertz CT molecular complexity index is 128. The average Bonchev–Trinajstić information content (AvgIpc) is 2.54. The Morgan fingerprint density at radius 2 is 0.818 bits per heavy atom. The summed E-state index contributed by atoms with van der Waals surface area (Å²) in [6, 6.07) is 0. The second-order valence-corrected chi connectivity index (χ2v) is 6.46. The highest BCUT2D eigenvalue weighted by Gasteiger charge is 1.90. The maximum absolute atomic E-state index is 8.51. The van der Waals surface area contributed by atoms with Crippen molar-refractivity contribution in [3.8, 4) is 0 Å². The van der Waals surface area contributed by atoms with E-state index >= 15 is 0 Å². The zero-order valence-electron chi connectivity index (χ0n) is 15.8. The highest BCUT2D eigenvalue weighted by atomic mass is 16.2. The molecule has 0 unspecified atom stereocenters. The summed E-state index contributed by atoms with van der Waals surface area (Å²) >= 11 is 0. The van der Waals surface area contributed by atoms with Gasteiger partial charge in [0.25, 0.3) is 0 Å². The van der Waals surface area contributed by atoms with Gasteiger partial charge < -0.3 is 10.8 Å². The lowest BCUT2D eigenvalue weighted by Gasteiger charge is -1.99. The molecule has 2 nitrogen and oxygen atoms in total. The van der Waals surface area contributed by atoms with Crippen molar-refractivity contribution in [1.29, 1.82) is 0 Å². The lowest BCUT2D eigenvalue weighted by molar-refractivity contribution is 0.282. The summed E-state index contributed by atoms with van der Waals surface area (Å²) in [6.45, 7) is 5.74. The third-order valence-corrected chi connectivity index (χ3v) is 4.07. The molecule has 0 saturated carbocycles. The van der Waals surface area contributed by atoms with Crippen LogP contribution in [-0.2, 0) is 0 Å².